The maximum atomic E-state index is 12.3. The monoisotopic (exact) mass is 440 g/mol. The van der Waals surface area contributed by atoms with Gasteiger partial charge in [-0.05, 0) is 12.5 Å². The van der Waals surface area contributed by atoms with Gasteiger partial charge in [-0.3, -0.25) is 19.3 Å². The van der Waals surface area contributed by atoms with E-state index < -0.39 is 23.4 Å². The predicted molar refractivity (Wildman–Crippen MR) is 100 cm³/mol. The van der Waals surface area contributed by atoms with Gasteiger partial charge in [-0.2, -0.15) is 18.3 Å². The Labute approximate surface area is 167 Å². The molecule has 1 aliphatic heterocycles. The standard InChI is InChI=1S/C16H20ClF3N4O3S/c1-22(14(25)5-9-28(27)8-3-6-16(18,19)20)13-11-24(21-15(13)17)12-4-2-7-23(26)10-12/h2,4,10-11,26H,3,5-9H2,1H3. The van der Waals surface area contributed by atoms with E-state index in [4.69, 9.17) is 11.6 Å². The van der Waals surface area contributed by atoms with Crippen molar-refractivity contribution in [2.75, 3.05) is 30.0 Å². The van der Waals surface area contributed by atoms with E-state index in [-0.39, 0.29) is 35.4 Å². The van der Waals surface area contributed by atoms with Crippen LogP contribution in [0, 0.1) is 0 Å². The first-order valence-electron chi connectivity index (χ1n) is 8.34. The number of allylic oxidation sites excluding steroid dienone is 2. The molecule has 0 spiro atoms. The number of hydrogen-bond acceptors (Lipinski definition) is 5. The van der Waals surface area contributed by atoms with Crippen LogP contribution in [0.15, 0.2) is 24.5 Å². The van der Waals surface area contributed by atoms with Crippen LogP contribution in [0.4, 0.5) is 18.9 Å². The number of carbonyl (C=O) groups is 1. The molecule has 28 heavy (non-hydrogen) atoms. The minimum atomic E-state index is -4.27. The first kappa shape index (κ1) is 22.4. The second-order valence-electron chi connectivity index (χ2n) is 6.10. The third-order valence-electron chi connectivity index (χ3n) is 3.89. The number of amides is 1. The Morgan fingerprint density at radius 2 is 2.14 bits per heavy atom. The van der Waals surface area contributed by atoms with E-state index in [0.717, 1.165) is 5.06 Å². The first-order chi connectivity index (χ1) is 13.1. The number of carbonyl (C=O) groups excluding carboxylic acids is 1. The molecule has 2 heterocycles. The largest absolute Gasteiger partial charge is 0.389 e. The van der Waals surface area contributed by atoms with Crippen molar-refractivity contribution in [3.8, 4) is 0 Å². The summed E-state index contributed by atoms with van der Waals surface area (Å²) in [6.07, 6.45) is 0.811. The van der Waals surface area contributed by atoms with Crippen LogP contribution in [0.3, 0.4) is 0 Å². The van der Waals surface area contributed by atoms with Gasteiger partial charge in [-0.25, -0.2) is 4.68 Å². The van der Waals surface area contributed by atoms with Crippen LogP contribution in [-0.2, 0) is 15.6 Å². The molecule has 1 unspecified atom stereocenters. The van der Waals surface area contributed by atoms with Crippen LogP contribution in [-0.4, -0.2) is 61.4 Å². The fourth-order valence-electron chi connectivity index (χ4n) is 2.41. The molecule has 1 N–H and O–H groups in total. The van der Waals surface area contributed by atoms with Crippen LogP contribution >= 0.6 is 11.6 Å². The highest BCUT2D eigenvalue weighted by molar-refractivity contribution is 7.84. The molecule has 0 aromatic carbocycles. The Kier molecular flexibility index (Phi) is 7.67. The predicted octanol–water partition coefficient (Wildman–Crippen LogP) is 3.04. The van der Waals surface area contributed by atoms with Gasteiger partial charge < -0.3 is 4.90 Å². The fraction of sp³-hybridized carbons (Fsp3) is 0.500. The average Bonchev–Trinajstić information content (AvgIpc) is 2.99. The molecule has 0 saturated heterocycles. The van der Waals surface area contributed by atoms with E-state index in [0.29, 0.717) is 17.9 Å². The zero-order valence-corrected chi connectivity index (χ0v) is 16.6. The molecule has 1 aliphatic rings. The Bertz CT molecular complexity index is 795. The maximum absolute atomic E-state index is 12.3. The summed E-state index contributed by atoms with van der Waals surface area (Å²) < 4.78 is 49.5. The van der Waals surface area contributed by atoms with E-state index in [1.165, 1.54) is 29.0 Å². The number of hydroxylamine groups is 2. The Morgan fingerprint density at radius 3 is 2.79 bits per heavy atom. The molecule has 1 aromatic rings. The molecule has 0 radical (unpaired) electrons. The van der Waals surface area contributed by atoms with Gasteiger partial charge in [-0.15, -0.1) is 0 Å². The van der Waals surface area contributed by atoms with Gasteiger partial charge in [0.1, 0.15) is 5.69 Å². The number of nitrogens with zero attached hydrogens (tertiary/aromatic N) is 4. The van der Waals surface area contributed by atoms with Crippen LogP contribution in [0.2, 0.25) is 5.15 Å². The quantitative estimate of drug-likeness (QED) is 0.672. The van der Waals surface area contributed by atoms with Crippen LogP contribution in [0.1, 0.15) is 19.3 Å². The van der Waals surface area contributed by atoms with Crippen molar-refractivity contribution in [1.29, 1.82) is 0 Å². The van der Waals surface area contributed by atoms with Gasteiger partial charge in [0.25, 0.3) is 0 Å². The molecule has 12 heteroatoms. The maximum Gasteiger partial charge on any atom is 0.389 e. The molecule has 1 atom stereocenters. The summed E-state index contributed by atoms with van der Waals surface area (Å²) in [7, 11) is -0.0313. The summed E-state index contributed by atoms with van der Waals surface area (Å²) in [4.78, 5) is 13.6. The van der Waals surface area contributed by atoms with Crippen molar-refractivity contribution in [3.63, 3.8) is 0 Å². The van der Waals surface area contributed by atoms with Crippen LogP contribution in [0.25, 0.3) is 5.70 Å². The SMILES string of the molecule is CN(C(=O)CCS(=O)CCCC(F)(F)F)c1cn(C2=CN(O)CC=C2)nc1Cl. The average molecular weight is 441 g/mol. The first-order valence-corrected chi connectivity index (χ1v) is 10.2. The summed E-state index contributed by atoms with van der Waals surface area (Å²) in [6, 6.07) is 0. The number of alkyl halides is 3. The van der Waals surface area contributed by atoms with Crippen molar-refractivity contribution >= 4 is 39.7 Å². The molecule has 1 aromatic heterocycles. The van der Waals surface area contributed by atoms with E-state index in [9.17, 15) is 27.4 Å². The Morgan fingerprint density at radius 1 is 1.43 bits per heavy atom. The Balaban J connectivity index is 1.91. The number of anilines is 1. The molecular weight excluding hydrogens is 421 g/mol. The van der Waals surface area contributed by atoms with Crippen LogP contribution in [0.5, 0.6) is 0 Å². The lowest BCUT2D eigenvalue weighted by Crippen LogP contribution is -2.27. The molecule has 0 saturated carbocycles. The zero-order chi connectivity index (χ0) is 20.9. The highest BCUT2D eigenvalue weighted by Gasteiger charge is 2.26. The molecule has 0 bridgehead atoms. The molecule has 2 rings (SSSR count). The summed E-state index contributed by atoms with van der Waals surface area (Å²) in [6.45, 7) is 0.337. The number of rotatable bonds is 8. The highest BCUT2D eigenvalue weighted by Crippen LogP contribution is 2.26. The second kappa shape index (κ2) is 9.57. The van der Waals surface area contributed by atoms with Crippen molar-refractivity contribution in [2.24, 2.45) is 0 Å². The van der Waals surface area contributed by atoms with Gasteiger partial charge in [0, 0.05) is 42.2 Å². The minimum Gasteiger partial charge on any atom is -0.311 e. The minimum absolute atomic E-state index is 0.0276. The number of aromatic nitrogens is 2. The summed E-state index contributed by atoms with van der Waals surface area (Å²) >= 11 is 6.09. The van der Waals surface area contributed by atoms with Gasteiger partial charge in [0.15, 0.2) is 5.15 Å². The second-order valence-corrected chi connectivity index (χ2v) is 8.15. The normalized spacial score (nSPS) is 15.5. The number of hydrogen-bond donors (Lipinski definition) is 1. The summed E-state index contributed by atoms with van der Waals surface area (Å²) in [5, 5.41) is 14.6. The summed E-state index contributed by atoms with van der Waals surface area (Å²) in [5.41, 5.74) is 0.854. The van der Waals surface area contributed by atoms with E-state index in [1.807, 2.05) is 0 Å². The van der Waals surface area contributed by atoms with Gasteiger partial charge in [0.2, 0.25) is 5.91 Å². The lowest BCUT2D eigenvalue weighted by molar-refractivity contribution is -0.134. The zero-order valence-electron chi connectivity index (χ0n) is 15.0. The van der Waals surface area contributed by atoms with Gasteiger partial charge in [-0.1, -0.05) is 17.7 Å². The molecular formula is C16H20ClF3N4O3S. The van der Waals surface area contributed by atoms with E-state index in [2.05, 4.69) is 5.10 Å². The molecule has 0 aliphatic carbocycles. The van der Waals surface area contributed by atoms with Gasteiger partial charge in [0.05, 0.1) is 24.6 Å². The topological polar surface area (TPSA) is 78.7 Å². The van der Waals surface area contributed by atoms with Crippen molar-refractivity contribution in [1.82, 2.24) is 14.8 Å². The van der Waals surface area contributed by atoms with Gasteiger partial charge >= 0.3 is 6.18 Å². The van der Waals surface area contributed by atoms with E-state index >= 15 is 0 Å². The lowest BCUT2D eigenvalue weighted by Gasteiger charge is -2.16. The molecule has 0 fully saturated rings. The lowest BCUT2D eigenvalue weighted by atomic mass is 10.3. The molecule has 1 amide bonds. The van der Waals surface area contributed by atoms with E-state index in [1.54, 1.807) is 12.2 Å². The molecule has 156 valence electrons. The van der Waals surface area contributed by atoms with Crippen LogP contribution < -0.4 is 4.90 Å². The third kappa shape index (κ3) is 6.64. The highest BCUT2D eigenvalue weighted by atomic mass is 35.5. The summed E-state index contributed by atoms with van der Waals surface area (Å²) in [5.74, 6) is -0.518. The van der Waals surface area contributed by atoms with Crippen molar-refractivity contribution in [3.05, 3.63) is 29.7 Å². The van der Waals surface area contributed by atoms with Crippen molar-refractivity contribution < 1.29 is 27.4 Å². The molecule has 7 nitrogen and oxygen atoms in total. The van der Waals surface area contributed by atoms with Crippen molar-refractivity contribution in [2.45, 2.75) is 25.4 Å². The smallest absolute Gasteiger partial charge is 0.311 e. The fourth-order valence-corrected chi connectivity index (χ4v) is 3.74. The third-order valence-corrected chi connectivity index (χ3v) is 5.56. The Hall–Kier alpha value is -1.85. The number of halogens is 4.